The van der Waals surface area contributed by atoms with Crippen LogP contribution in [0.5, 0.6) is 0 Å². The predicted octanol–water partition coefficient (Wildman–Crippen LogP) is 1.49. The molecule has 0 N–H and O–H groups in total. The number of carbonyl (C=O) groups is 2. The predicted molar refractivity (Wildman–Crippen MR) is 99.6 cm³/mol. The molecule has 3 aliphatic heterocycles. The lowest BCUT2D eigenvalue weighted by Crippen LogP contribution is -2.48. The lowest BCUT2D eigenvalue weighted by atomic mass is 9.94. The summed E-state index contributed by atoms with van der Waals surface area (Å²) in [5, 5.41) is 7.64. The Morgan fingerprint density at radius 1 is 1.07 bits per heavy atom. The molecule has 0 radical (unpaired) electrons. The molecule has 3 saturated heterocycles. The Labute approximate surface area is 158 Å². The Kier molecular flexibility index (Phi) is 4.55. The second kappa shape index (κ2) is 7.02. The molecule has 2 aromatic rings. The summed E-state index contributed by atoms with van der Waals surface area (Å²) >= 11 is 0. The first-order valence-corrected chi connectivity index (χ1v) is 9.25. The van der Waals surface area contributed by atoms with Crippen molar-refractivity contribution in [2.24, 2.45) is 5.92 Å². The molecule has 3 fully saturated rings. The Bertz CT molecular complexity index is 834. The summed E-state index contributed by atoms with van der Waals surface area (Å²) in [6.07, 6.45) is 5.23. The first-order valence-electron chi connectivity index (χ1n) is 9.25. The molecule has 0 aliphatic carbocycles. The SMILES string of the molecule is CN(C)C(=O)N1C[C@H]2CC[C@@H](C1)N(C(=O)c1cccc(-n3cnnc3)c1)C2. The van der Waals surface area contributed by atoms with Gasteiger partial charge in [0.2, 0.25) is 0 Å². The molecule has 3 amide bonds. The molecule has 0 unspecified atom stereocenters. The van der Waals surface area contributed by atoms with Gasteiger partial charge in [-0.3, -0.25) is 9.36 Å². The number of aromatic nitrogens is 3. The highest BCUT2D eigenvalue weighted by Crippen LogP contribution is 2.30. The first kappa shape index (κ1) is 17.5. The first-order chi connectivity index (χ1) is 13.0. The van der Waals surface area contributed by atoms with Crippen LogP contribution in [0.25, 0.3) is 5.69 Å². The van der Waals surface area contributed by atoms with Crippen LogP contribution in [0.3, 0.4) is 0 Å². The zero-order chi connectivity index (χ0) is 19.0. The highest BCUT2D eigenvalue weighted by Gasteiger charge is 2.39. The van der Waals surface area contributed by atoms with Gasteiger partial charge in [-0.2, -0.15) is 0 Å². The summed E-state index contributed by atoms with van der Waals surface area (Å²) in [5.74, 6) is 0.358. The van der Waals surface area contributed by atoms with Crippen molar-refractivity contribution in [3.63, 3.8) is 0 Å². The number of rotatable bonds is 2. The van der Waals surface area contributed by atoms with Crippen LogP contribution in [0.1, 0.15) is 23.2 Å². The molecule has 1 aromatic carbocycles. The van der Waals surface area contributed by atoms with E-state index in [9.17, 15) is 9.59 Å². The molecular formula is C19H24N6O2. The van der Waals surface area contributed by atoms with E-state index in [1.165, 1.54) is 0 Å². The van der Waals surface area contributed by atoms with Gasteiger partial charge in [-0.25, -0.2) is 4.79 Å². The van der Waals surface area contributed by atoms with Gasteiger partial charge in [-0.1, -0.05) is 6.07 Å². The molecule has 142 valence electrons. The largest absolute Gasteiger partial charge is 0.334 e. The van der Waals surface area contributed by atoms with Crippen LogP contribution in [-0.4, -0.2) is 81.2 Å². The lowest BCUT2D eigenvalue weighted by Gasteiger charge is -2.36. The van der Waals surface area contributed by atoms with Crippen molar-refractivity contribution in [1.82, 2.24) is 29.5 Å². The monoisotopic (exact) mass is 368 g/mol. The quantitative estimate of drug-likeness (QED) is 0.805. The number of hydrogen-bond donors (Lipinski definition) is 0. The average Bonchev–Trinajstić information content (AvgIpc) is 3.07. The summed E-state index contributed by atoms with van der Waals surface area (Å²) < 4.78 is 1.78. The fourth-order valence-electron chi connectivity index (χ4n) is 4.07. The highest BCUT2D eigenvalue weighted by molar-refractivity contribution is 5.95. The van der Waals surface area contributed by atoms with Gasteiger partial charge in [0, 0.05) is 51.0 Å². The summed E-state index contributed by atoms with van der Waals surface area (Å²) in [6.45, 7) is 2.03. The van der Waals surface area contributed by atoms with Gasteiger partial charge in [-0.15, -0.1) is 10.2 Å². The van der Waals surface area contributed by atoms with Crippen molar-refractivity contribution >= 4 is 11.9 Å². The third kappa shape index (κ3) is 3.39. The number of nitrogens with zero attached hydrogens (tertiary/aromatic N) is 6. The van der Waals surface area contributed by atoms with Crippen LogP contribution in [0.2, 0.25) is 0 Å². The molecule has 0 spiro atoms. The molecule has 0 saturated carbocycles. The minimum Gasteiger partial charge on any atom is -0.334 e. The second-order valence-corrected chi connectivity index (χ2v) is 7.56. The third-order valence-corrected chi connectivity index (χ3v) is 5.44. The maximum absolute atomic E-state index is 13.2. The Morgan fingerprint density at radius 3 is 2.59 bits per heavy atom. The smallest absolute Gasteiger partial charge is 0.319 e. The van der Waals surface area contributed by atoms with Crippen LogP contribution >= 0.6 is 0 Å². The molecule has 5 rings (SSSR count). The standard InChI is InChI=1S/C19H24N6O2/c1-22(2)19(27)23-9-14-6-7-17(11-23)25(10-14)18(26)15-4-3-5-16(8-15)24-12-20-21-13-24/h3-5,8,12-14,17H,6-7,9-11H2,1-2H3/t14-,17+/m1/s1. The van der Waals surface area contributed by atoms with Crippen molar-refractivity contribution in [1.29, 1.82) is 0 Å². The van der Waals surface area contributed by atoms with Crippen LogP contribution in [0.4, 0.5) is 4.79 Å². The molecule has 27 heavy (non-hydrogen) atoms. The van der Waals surface area contributed by atoms with E-state index in [4.69, 9.17) is 0 Å². The van der Waals surface area contributed by atoms with Gasteiger partial charge >= 0.3 is 6.03 Å². The molecule has 3 aliphatic rings. The van der Waals surface area contributed by atoms with Crippen LogP contribution < -0.4 is 0 Å². The lowest BCUT2D eigenvalue weighted by molar-refractivity contribution is 0.0585. The van der Waals surface area contributed by atoms with E-state index in [1.807, 2.05) is 34.1 Å². The van der Waals surface area contributed by atoms with Gasteiger partial charge in [0.15, 0.2) is 0 Å². The van der Waals surface area contributed by atoms with Crippen molar-refractivity contribution in [2.45, 2.75) is 18.9 Å². The molecular weight excluding hydrogens is 344 g/mol. The van der Waals surface area contributed by atoms with E-state index in [-0.39, 0.29) is 18.0 Å². The number of piperidine rings is 1. The molecule has 2 bridgehead atoms. The second-order valence-electron chi connectivity index (χ2n) is 7.56. The summed E-state index contributed by atoms with van der Waals surface area (Å²) in [4.78, 5) is 31.1. The molecule has 8 nitrogen and oxygen atoms in total. The number of hydrogen-bond acceptors (Lipinski definition) is 4. The minimum absolute atomic E-state index is 0.0239. The summed E-state index contributed by atoms with van der Waals surface area (Å²) in [5.41, 5.74) is 1.51. The van der Waals surface area contributed by atoms with Crippen molar-refractivity contribution in [3.05, 3.63) is 42.5 Å². The number of fused-ring (bicyclic) bond motifs is 4. The normalized spacial score (nSPS) is 21.9. The van der Waals surface area contributed by atoms with Crippen molar-refractivity contribution < 1.29 is 9.59 Å². The van der Waals surface area contributed by atoms with Crippen LogP contribution in [0, 0.1) is 5.92 Å². The molecule has 8 heteroatoms. The van der Waals surface area contributed by atoms with E-state index in [0.29, 0.717) is 24.6 Å². The Hall–Kier alpha value is -2.90. The Balaban J connectivity index is 1.56. The number of carbonyl (C=O) groups excluding carboxylic acids is 2. The van der Waals surface area contributed by atoms with E-state index in [2.05, 4.69) is 10.2 Å². The van der Waals surface area contributed by atoms with Gasteiger partial charge < -0.3 is 14.7 Å². The highest BCUT2D eigenvalue weighted by atomic mass is 16.2. The zero-order valence-electron chi connectivity index (χ0n) is 15.7. The van der Waals surface area contributed by atoms with E-state index in [1.54, 1.807) is 36.2 Å². The van der Waals surface area contributed by atoms with E-state index >= 15 is 0 Å². The van der Waals surface area contributed by atoms with Gasteiger partial charge in [0.05, 0.1) is 0 Å². The van der Waals surface area contributed by atoms with E-state index < -0.39 is 0 Å². The fourth-order valence-corrected chi connectivity index (χ4v) is 4.07. The topological polar surface area (TPSA) is 74.6 Å². The molecule has 4 heterocycles. The third-order valence-electron chi connectivity index (χ3n) is 5.44. The number of urea groups is 1. The van der Waals surface area contributed by atoms with E-state index in [0.717, 1.165) is 25.1 Å². The molecule has 2 atom stereocenters. The maximum atomic E-state index is 13.2. The van der Waals surface area contributed by atoms with Crippen molar-refractivity contribution in [2.75, 3.05) is 33.7 Å². The average molecular weight is 368 g/mol. The van der Waals surface area contributed by atoms with Crippen molar-refractivity contribution in [3.8, 4) is 5.69 Å². The Morgan fingerprint density at radius 2 is 1.85 bits per heavy atom. The van der Waals surface area contributed by atoms with Gasteiger partial charge in [0.1, 0.15) is 12.7 Å². The number of amides is 3. The van der Waals surface area contributed by atoms with Crippen LogP contribution in [0.15, 0.2) is 36.9 Å². The maximum Gasteiger partial charge on any atom is 0.319 e. The van der Waals surface area contributed by atoms with Crippen LogP contribution in [-0.2, 0) is 0 Å². The summed E-state index contributed by atoms with van der Waals surface area (Å²) in [7, 11) is 3.54. The number of benzene rings is 1. The molecule has 1 aromatic heterocycles. The van der Waals surface area contributed by atoms with Gasteiger partial charge in [-0.05, 0) is 37.0 Å². The minimum atomic E-state index is 0.0239. The van der Waals surface area contributed by atoms with Gasteiger partial charge in [0.25, 0.3) is 5.91 Å². The zero-order valence-corrected chi connectivity index (χ0v) is 15.7. The fraction of sp³-hybridized carbons (Fsp3) is 0.474. The summed E-state index contributed by atoms with van der Waals surface area (Å²) in [6, 6.07) is 7.60.